The summed E-state index contributed by atoms with van der Waals surface area (Å²) in [6, 6.07) is 10.1. The van der Waals surface area contributed by atoms with Gasteiger partial charge in [-0.15, -0.1) is 10.2 Å². The van der Waals surface area contributed by atoms with E-state index in [1.165, 1.54) is 11.8 Å². The number of benzene rings is 1. The van der Waals surface area contributed by atoms with Crippen molar-refractivity contribution in [3.63, 3.8) is 0 Å². The second kappa shape index (κ2) is 11.5. The lowest BCUT2D eigenvalue weighted by Gasteiger charge is -2.23. The predicted molar refractivity (Wildman–Crippen MR) is 134 cm³/mol. The molecule has 1 aromatic carbocycles. The summed E-state index contributed by atoms with van der Waals surface area (Å²) in [5.41, 5.74) is 3.43. The van der Waals surface area contributed by atoms with Gasteiger partial charge in [0.05, 0.1) is 34.6 Å². The van der Waals surface area contributed by atoms with Gasteiger partial charge in [-0.2, -0.15) is 5.10 Å². The Hall–Kier alpha value is -2.65. The minimum Gasteiger partial charge on any atom is -0.322 e. The van der Waals surface area contributed by atoms with Crippen LogP contribution < -0.4 is 5.32 Å². The summed E-state index contributed by atoms with van der Waals surface area (Å²) in [5, 5.41) is 17.4. The zero-order valence-corrected chi connectivity index (χ0v) is 21.3. The number of thioether (sulfide) groups is 1. The Balaban J connectivity index is 1.73. The molecule has 2 heterocycles. The van der Waals surface area contributed by atoms with Crippen molar-refractivity contribution in [1.29, 1.82) is 0 Å². The molecule has 0 aliphatic heterocycles. The summed E-state index contributed by atoms with van der Waals surface area (Å²) < 4.78 is 4.04. The molecule has 3 rings (SSSR count). The van der Waals surface area contributed by atoms with Crippen LogP contribution in [0.3, 0.4) is 0 Å². The van der Waals surface area contributed by atoms with E-state index in [2.05, 4.69) is 58.0 Å². The Labute approximate surface area is 200 Å². The highest BCUT2D eigenvalue weighted by atomic mass is 32.2. The second-order valence-corrected chi connectivity index (χ2v) is 9.31. The first-order chi connectivity index (χ1) is 15.9. The highest BCUT2D eigenvalue weighted by Gasteiger charge is 2.22. The number of hydrogen-bond acceptors (Lipinski definition) is 6. The molecule has 178 valence electrons. The summed E-state index contributed by atoms with van der Waals surface area (Å²) in [7, 11) is 4.13. The van der Waals surface area contributed by atoms with E-state index in [4.69, 9.17) is 0 Å². The van der Waals surface area contributed by atoms with Gasteiger partial charge in [0.2, 0.25) is 5.91 Å². The number of nitrogens with one attached hydrogen (secondary N) is 1. The van der Waals surface area contributed by atoms with E-state index in [0.717, 1.165) is 59.6 Å². The van der Waals surface area contributed by atoms with Gasteiger partial charge >= 0.3 is 0 Å². The van der Waals surface area contributed by atoms with Gasteiger partial charge in [0.1, 0.15) is 0 Å². The predicted octanol–water partition coefficient (Wildman–Crippen LogP) is 4.62. The molecule has 1 amide bonds. The van der Waals surface area contributed by atoms with Crippen LogP contribution in [0.4, 0.5) is 5.69 Å². The molecular formula is C24H35N7OS. The van der Waals surface area contributed by atoms with Crippen LogP contribution in [0.2, 0.25) is 0 Å². The lowest BCUT2D eigenvalue weighted by molar-refractivity contribution is -0.113. The van der Waals surface area contributed by atoms with Gasteiger partial charge in [-0.3, -0.25) is 9.69 Å². The SMILES string of the molecule is CCCCn1c(SCC(=O)Nc2c(C)nn(-c3ccccc3)c2C)nnc1C(CC)N(C)C. The summed E-state index contributed by atoms with van der Waals surface area (Å²) >= 11 is 1.43. The molecule has 1 N–H and O–H groups in total. The number of amides is 1. The van der Waals surface area contributed by atoms with Crippen LogP contribution in [-0.2, 0) is 11.3 Å². The van der Waals surface area contributed by atoms with Gasteiger partial charge in [-0.25, -0.2) is 4.68 Å². The number of hydrogen-bond donors (Lipinski definition) is 1. The summed E-state index contributed by atoms with van der Waals surface area (Å²) in [5.74, 6) is 1.15. The van der Waals surface area contributed by atoms with Crippen LogP contribution in [0.1, 0.15) is 56.4 Å². The third-order valence-electron chi connectivity index (χ3n) is 5.68. The van der Waals surface area contributed by atoms with Crippen molar-refractivity contribution in [2.24, 2.45) is 0 Å². The molecule has 2 aromatic heterocycles. The molecule has 0 aliphatic carbocycles. The standard InChI is InChI=1S/C24H35N7OS/c1-7-9-15-30-23(20(8-2)29(5)6)26-27-24(30)33-16-21(32)25-22-17(3)28-31(18(22)4)19-13-11-10-12-14-19/h10-14,20H,7-9,15-16H2,1-6H3,(H,25,32). The zero-order chi connectivity index (χ0) is 24.0. The van der Waals surface area contributed by atoms with Gasteiger partial charge in [-0.1, -0.05) is 50.2 Å². The molecule has 8 nitrogen and oxygen atoms in total. The first-order valence-electron chi connectivity index (χ1n) is 11.5. The Kier molecular flexibility index (Phi) is 8.68. The van der Waals surface area contributed by atoms with Crippen molar-refractivity contribution in [2.75, 3.05) is 25.2 Å². The van der Waals surface area contributed by atoms with Crippen molar-refractivity contribution >= 4 is 23.4 Å². The van der Waals surface area contributed by atoms with Crippen LogP contribution in [0, 0.1) is 13.8 Å². The van der Waals surface area contributed by atoms with E-state index in [0.29, 0.717) is 0 Å². The van der Waals surface area contributed by atoms with Crippen LogP contribution in [-0.4, -0.2) is 55.2 Å². The number of rotatable bonds is 11. The Morgan fingerprint density at radius 1 is 1.15 bits per heavy atom. The van der Waals surface area contributed by atoms with Crippen LogP contribution >= 0.6 is 11.8 Å². The van der Waals surface area contributed by atoms with Crippen molar-refractivity contribution in [2.45, 2.75) is 64.7 Å². The molecule has 3 aromatic rings. The smallest absolute Gasteiger partial charge is 0.234 e. The van der Waals surface area contributed by atoms with Crippen molar-refractivity contribution in [3.05, 3.63) is 47.5 Å². The summed E-state index contributed by atoms with van der Waals surface area (Å²) in [6.45, 7) is 9.07. The Morgan fingerprint density at radius 2 is 1.88 bits per heavy atom. The molecule has 0 radical (unpaired) electrons. The maximum absolute atomic E-state index is 12.8. The third kappa shape index (κ3) is 5.83. The molecule has 0 saturated heterocycles. The Morgan fingerprint density at radius 3 is 2.52 bits per heavy atom. The summed E-state index contributed by atoms with van der Waals surface area (Å²) in [4.78, 5) is 15.0. The molecule has 0 saturated carbocycles. The lowest BCUT2D eigenvalue weighted by atomic mass is 10.2. The van der Waals surface area contributed by atoms with Gasteiger partial charge < -0.3 is 9.88 Å². The van der Waals surface area contributed by atoms with Gasteiger partial charge in [0, 0.05) is 6.54 Å². The molecular weight excluding hydrogens is 434 g/mol. The number of carbonyl (C=O) groups is 1. The lowest BCUT2D eigenvalue weighted by Crippen LogP contribution is -2.23. The molecule has 1 atom stereocenters. The highest BCUT2D eigenvalue weighted by molar-refractivity contribution is 7.99. The maximum atomic E-state index is 12.8. The third-order valence-corrected chi connectivity index (χ3v) is 6.64. The van der Waals surface area contributed by atoms with E-state index in [-0.39, 0.29) is 17.7 Å². The van der Waals surface area contributed by atoms with Crippen molar-refractivity contribution in [1.82, 2.24) is 29.4 Å². The quantitative estimate of drug-likeness (QED) is 0.413. The minimum absolute atomic E-state index is 0.0787. The normalized spacial score (nSPS) is 12.3. The highest BCUT2D eigenvalue weighted by Crippen LogP contribution is 2.27. The van der Waals surface area contributed by atoms with Gasteiger partial charge in [-0.05, 0) is 52.9 Å². The average Bonchev–Trinajstić information content (AvgIpc) is 3.32. The largest absolute Gasteiger partial charge is 0.322 e. The number of anilines is 1. The van der Waals surface area contributed by atoms with Crippen LogP contribution in [0.15, 0.2) is 35.5 Å². The number of nitrogens with zero attached hydrogens (tertiary/aromatic N) is 6. The summed E-state index contributed by atoms with van der Waals surface area (Å²) in [6.07, 6.45) is 3.09. The first kappa shape index (κ1) is 25.0. The molecule has 1 unspecified atom stereocenters. The molecule has 9 heteroatoms. The molecule has 0 aliphatic rings. The Bertz CT molecular complexity index is 1060. The number of para-hydroxylation sites is 1. The van der Waals surface area contributed by atoms with E-state index >= 15 is 0 Å². The fourth-order valence-corrected chi connectivity index (χ4v) is 4.68. The average molecular weight is 470 g/mol. The molecule has 0 fully saturated rings. The number of aryl methyl sites for hydroxylation is 1. The molecule has 33 heavy (non-hydrogen) atoms. The molecule has 0 bridgehead atoms. The van der Waals surface area contributed by atoms with Crippen molar-refractivity contribution < 1.29 is 4.79 Å². The molecule has 0 spiro atoms. The van der Waals surface area contributed by atoms with Crippen molar-refractivity contribution in [3.8, 4) is 5.69 Å². The monoisotopic (exact) mass is 469 g/mol. The van der Waals surface area contributed by atoms with E-state index in [9.17, 15) is 4.79 Å². The topological polar surface area (TPSA) is 80.9 Å². The second-order valence-electron chi connectivity index (χ2n) is 8.36. The fourth-order valence-electron chi connectivity index (χ4n) is 3.91. The van der Waals surface area contributed by atoms with Gasteiger partial charge in [0.15, 0.2) is 11.0 Å². The van der Waals surface area contributed by atoms with E-state index in [1.807, 2.05) is 48.9 Å². The number of carbonyl (C=O) groups excluding carboxylic acids is 1. The maximum Gasteiger partial charge on any atom is 0.234 e. The van der Waals surface area contributed by atoms with E-state index < -0.39 is 0 Å². The minimum atomic E-state index is -0.0787. The number of unbranched alkanes of at least 4 members (excludes halogenated alkanes) is 1. The van der Waals surface area contributed by atoms with E-state index in [1.54, 1.807) is 0 Å². The van der Waals surface area contributed by atoms with Crippen LogP contribution in [0.5, 0.6) is 0 Å². The zero-order valence-electron chi connectivity index (χ0n) is 20.5. The van der Waals surface area contributed by atoms with Crippen LogP contribution in [0.25, 0.3) is 5.69 Å². The van der Waals surface area contributed by atoms with Gasteiger partial charge in [0.25, 0.3) is 0 Å². The first-order valence-corrected chi connectivity index (χ1v) is 12.5. The number of aromatic nitrogens is 5. The fraction of sp³-hybridized carbons (Fsp3) is 0.500.